The van der Waals surface area contributed by atoms with E-state index in [9.17, 15) is 4.39 Å². The van der Waals surface area contributed by atoms with E-state index in [-0.39, 0.29) is 0 Å². The third kappa shape index (κ3) is 1.84. The molecule has 1 nitrogen and oxygen atoms in total. The van der Waals surface area contributed by atoms with Crippen molar-refractivity contribution in [1.29, 1.82) is 0 Å². The van der Waals surface area contributed by atoms with Crippen molar-refractivity contribution >= 4 is 6.08 Å². The molecule has 1 aromatic carbocycles. The summed E-state index contributed by atoms with van der Waals surface area (Å²) >= 11 is 0. The zero-order valence-electron chi connectivity index (χ0n) is 6.96. The highest BCUT2D eigenvalue weighted by molar-refractivity contribution is 5.58. The molecule has 0 atom stereocenters. The van der Waals surface area contributed by atoms with Crippen LogP contribution in [0, 0.1) is 0 Å². The van der Waals surface area contributed by atoms with Gasteiger partial charge in [0.25, 0.3) is 0 Å². The van der Waals surface area contributed by atoms with Gasteiger partial charge in [0.15, 0.2) is 0 Å². The normalized spacial score (nSPS) is 12.2. The first-order valence-corrected chi connectivity index (χ1v) is 3.73. The summed E-state index contributed by atoms with van der Waals surface area (Å²) < 4.78 is 14.8. The van der Waals surface area contributed by atoms with E-state index in [0.29, 0.717) is 13.8 Å². The molecule has 0 N–H and O–H groups in total. The van der Waals surface area contributed by atoms with Crippen LogP contribution in [-0.2, 0) is 0 Å². The molecule has 1 aliphatic heterocycles. The van der Waals surface area contributed by atoms with Gasteiger partial charge in [0, 0.05) is 5.56 Å². The number of para-hydroxylation sites is 1. The Hall–Kier alpha value is -1.31. The van der Waals surface area contributed by atoms with Gasteiger partial charge in [-0.15, -0.1) is 0 Å². The van der Waals surface area contributed by atoms with Crippen molar-refractivity contribution in [2.45, 2.75) is 0 Å². The number of fused-ring (bicyclic) bond motifs is 1. The predicted molar refractivity (Wildman–Crippen MR) is 48.0 cm³/mol. The topological polar surface area (TPSA) is 9.23 Å². The van der Waals surface area contributed by atoms with Crippen molar-refractivity contribution in [2.24, 2.45) is 0 Å². The van der Waals surface area contributed by atoms with E-state index in [2.05, 4.69) is 6.08 Å². The highest BCUT2D eigenvalue weighted by Crippen LogP contribution is 2.21. The van der Waals surface area contributed by atoms with Crippen LogP contribution in [0.15, 0.2) is 30.3 Å². The summed E-state index contributed by atoms with van der Waals surface area (Å²) in [6.07, 6.45) is 4.10. The molecule has 0 aliphatic carbocycles. The number of halogens is 1. The Morgan fingerprint density at radius 3 is 2.75 bits per heavy atom. The van der Waals surface area contributed by atoms with Crippen LogP contribution in [0.1, 0.15) is 5.56 Å². The van der Waals surface area contributed by atoms with Gasteiger partial charge in [0.05, 0.1) is 7.18 Å². The largest absolute Gasteiger partial charge is 0.489 e. The van der Waals surface area contributed by atoms with Gasteiger partial charge in [-0.2, -0.15) is 0 Å². The molecule has 0 aromatic heterocycles. The minimum atomic E-state index is 0.500. The summed E-state index contributed by atoms with van der Waals surface area (Å²) in [6.45, 7) is 0.705. The maximum Gasteiger partial charge on any atom is 0.126 e. The lowest BCUT2D eigenvalue weighted by Crippen LogP contribution is -1.98. The highest BCUT2D eigenvalue weighted by atomic mass is 19.1. The fourth-order valence-electron chi connectivity index (χ4n) is 1.06. The van der Waals surface area contributed by atoms with Crippen LogP contribution >= 0.6 is 0 Å². The lowest BCUT2D eigenvalue weighted by Gasteiger charge is -2.10. The first-order chi connectivity index (χ1) is 5.97. The molecule has 1 aromatic rings. The maximum absolute atomic E-state index is 9.50. The summed E-state index contributed by atoms with van der Waals surface area (Å²) in [5, 5.41) is 0. The lowest BCUT2D eigenvalue weighted by atomic mass is 10.1. The molecule has 0 saturated carbocycles. The second-order valence-electron chi connectivity index (χ2n) is 2.25. The minimum Gasteiger partial charge on any atom is -0.489 e. The molecule has 0 radical (unpaired) electrons. The number of hydrogen-bond donors (Lipinski definition) is 0. The Kier molecular flexibility index (Phi) is 3.33. The molecule has 0 saturated heterocycles. The first kappa shape index (κ1) is 8.78. The molecule has 1 heterocycles. The Balaban J connectivity index is 0.000000336. The van der Waals surface area contributed by atoms with Crippen LogP contribution in [0.2, 0.25) is 0 Å². The first-order valence-electron chi connectivity index (χ1n) is 3.73. The van der Waals surface area contributed by atoms with Crippen LogP contribution in [0.25, 0.3) is 6.08 Å². The summed E-state index contributed by atoms with van der Waals surface area (Å²) in [4.78, 5) is 0. The zero-order chi connectivity index (χ0) is 8.81. The summed E-state index contributed by atoms with van der Waals surface area (Å²) in [5.74, 6) is 0.991. The van der Waals surface area contributed by atoms with E-state index >= 15 is 0 Å². The van der Waals surface area contributed by atoms with E-state index in [1.165, 1.54) is 5.56 Å². The fraction of sp³-hybridized carbons (Fsp3) is 0.200. The molecule has 2 heteroatoms. The molecule has 0 fully saturated rings. The molecule has 0 unspecified atom stereocenters. The summed E-state index contributed by atoms with van der Waals surface area (Å²) in [7, 11) is 0.500. The quantitative estimate of drug-likeness (QED) is 0.575. The number of alkyl halides is 1. The molecular weight excluding hydrogens is 155 g/mol. The number of rotatable bonds is 0. The third-order valence-electron chi connectivity index (χ3n) is 1.55. The van der Waals surface area contributed by atoms with E-state index in [1.54, 1.807) is 0 Å². The second-order valence-corrected chi connectivity index (χ2v) is 2.25. The van der Waals surface area contributed by atoms with Gasteiger partial charge in [0.1, 0.15) is 12.4 Å². The number of hydrogen-bond acceptors (Lipinski definition) is 1. The molecule has 1 aliphatic rings. The molecular formula is C10H11FO. The highest BCUT2D eigenvalue weighted by Gasteiger charge is 2.01. The van der Waals surface area contributed by atoms with Crippen LogP contribution in [0.4, 0.5) is 4.39 Å². The van der Waals surface area contributed by atoms with Crippen molar-refractivity contribution in [1.82, 2.24) is 0 Å². The van der Waals surface area contributed by atoms with E-state index in [1.807, 2.05) is 30.3 Å². The van der Waals surface area contributed by atoms with Crippen molar-refractivity contribution in [3.05, 3.63) is 35.9 Å². The molecule has 0 amide bonds. The van der Waals surface area contributed by atoms with Crippen LogP contribution in [-0.4, -0.2) is 13.8 Å². The lowest BCUT2D eigenvalue weighted by molar-refractivity contribution is 0.358. The van der Waals surface area contributed by atoms with Crippen LogP contribution in [0.5, 0.6) is 5.75 Å². The summed E-state index contributed by atoms with van der Waals surface area (Å²) in [6, 6.07) is 8.03. The smallest absolute Gasteiger partial charge is 0.126 e. The molecule has 12 heavy (non-hydrogen) atoms. The van der Waals surface area contributed by atoms with Crippen molar-refractivity contribution < 1.29 is 9.13 Å². The third-order valence-corrected chi connectivity index (χ3v) is 1.55. The van der Waals surface area contributed by atoms with Gasteiger partial charge in [-0.05, 0) is 12.1 Å². The van der Waals surface area contributed by atoms with Gasteiger partial charge >= 0.3 is 0 Å². The van der Waals surface area contributed by atoms with Crippen molar-refractivity contribution in [3.8, 4) is 5.75 Å². The van der Waals surface area contributed by atoms with E-state index in [0.717, 1.165) is 5.75 Å². The monoisotopic (exact) mass is 166 g/mol. The minimum absolute atomic E-state index is 0.500. The molecule has 0 bridgehead atoms. The van der Waals surface area contributed by atoms with Crippen molar-refractivity contribution in [3.63, 3.8) is 0 Å². The molecule has 0 spiro atoms. The fourth-order valence-corrected chi connectivity index (χ4v) is 1.06. The van der Waals surface area contributed by atoms with Crippen molar-refractivity contribution in [2.75, 3.05) is 13.8 Å². The maximum atomic E-state index is 9.50. The Bertz CT molecular complexity index is 268. The Labute approximate surface area is 71.5 Å². The average molecular weight is 166 g/mol. The Morgan fingerprint density at radius 1 is 1.25 bits per heavy atom. The van der Waals surface area contributed by atoms with Crippen LogP contribution < -0.4 is 4.74 Å². The van der Waals surface area contributed by atoms with Gasteiger partial charge in [0.2, 0.25) is 0 Å². The van der Waals surface area contributed by atoms with E-state index in [4.69, 9.17) is 4.74 Å². The van der Waals surface area contributed by atoms with Gasteiger partial charge in [-0.25, -0.2) is 0 Å². The van der Waals surface area contributed by atoms with Crippen LogP contribution in [0.3, 0.4) is 0 Å². The zero-order valence-corrected chi connectivity index (χ0v) is 6.96. The summed E-state index contributed by atoms with van der Waals surface area (Å²) in [5.41, 5.74) is 1.17. The SMILES string of the molecule is C1=Cc2ccccc2OC1.CF. The number of ether oxygens (including phenoxy) is 1. The molecule has 2 rings (SSSR count). The molecule has 64 valence electrons. The second kappa shape index (κ2) is 4.54. The average Bonchev–Trinajstić information content (AvgIpc) is 2.21. The van der Waals surface area contributed by atoms with Gasteiger partial charge in [-0.1, -0.05) is 24.3 Å². The standard InChI is InChI=1S/C9H8O.CH3F/c1-2-6-9-8(4-1)5-3-7-10-9;1-2/h1-6H,7H2;1H3. The van der Waals surface area contributed by atoms with E-state index < -0.39 is 0 Å². The van der Waals surface area contributed by atoms with Gasteiger partial charge in [-0.3, -0.25) is 4.39 Å². The predicted octanol–water partition coefficient (Wildman–Crippen LogP) is 2.68. The Morgan fingerprint density at radius 2 is 2.00 bits per heavy atom. The van der Waals surface area contributed by atoms with Gasteiger partial charge < -0.3 is 4.74 Å². The number of benzene rings is 1.